The molecule has 3 rings (SSSR count). The molecule has 0 aliphatic rings. The molecular formula is C19H17ClN4O. The smallest absolute Gasteiger partial charge is 0.271 e. The van der Waals surface area contributed by atoms with Gasteiger partial charge >= 0.3 is 0 Å². The van der Waals surface area contributed by atoms with Crippen molar-refractivity contribution in [3.8, 4) is 0 Å². The lowest BCUT2D eigenvalue weighted by atomic mass is 10.2. The maximum atomic E-state index is 12.1. The molecule has 25 heavy (non-hydrogen) atoms. The van der Waals surface area contributed by atoms with Gasteiger partial charge in [-0.1, -0.05) is 48.0 Å². The van der Waals surface area contributed by atoms with Crippen LogP contribution in [-0.4, -0.2) is 15.9 Å². The van der Waals surface area contributed by atoms with Crippen LogP contribution in [0.2, 0.25) is 5.02 Å². The Labute approximate surface area is 151 Å². The van der Waals surface area contributed by atoms with Gasteiger partial charge in [0.1, 0.15) is 11.5 Å². The molecule has 1 amide bonds. The van der Waals surface area contributed by atoms with Gasteiger partial charge in [-0.25, -0.2) is 9.97 Å². The number of nitrogens with one attached hydrogen (secondary N) is 2. The monoisotopic (exact) mass is 352 g/mol. The van der Waals surface area contributed by atoms with Crippen molar-refractivity contribution in [2.45, 2.75) is 13.5 Å². The zero-order valence-corrected chi connectivity index (χ0v) is 14.4. The van der Waals surface area contributed by atoms with Crippen LogP contribution in [0.3, 0.4) is 0 Å². The van der Waals surface area contributed by atoms with E-state index in [9.17, 15) is 4.79 Å². The first-order valence-corrected chi connectivity index (χ1v) is 8.17. The predicted octanol–water partition coefficient (Wildman–Crippen LogP) is 4.11. The van der Waals surface area contributed by atoms with Crippen molar-refractivity contribution in [1.82, 2.24) is 15.3 Å². The summed E-state index contributed by atoms with van der Waals surface area (Å²) in [5, 5.41) is 6.61. The molecule has 1 aromatic heterocycles. The van der Waals surface area contributed by atoms with Gasteiger partial charge in [0, 0.05) is 17.3 Å². The summed E-state index contributed by atoms with van der Waals surface area (Å²) < 4.78 is 0. The van der Waals surface area contributed by atoms with Crippen LogP contribution in [0.4, 0.5) is 11.5 Å². The van der Waals surface area contributed by atoms with E-state index in [1.807, 2.05) is 55.5 Å². The van der Waals surface area contributed by atoms with E-state index in [0.29, 0.717) is 17.4 Å². The highest BCUT2D eigenvalue weighted by Crippen LogP contribution is 2.22. The molecule has 3 aromatic rings. The molecule has 0 fully saturated rings. The number of amides is 1. The number of halogens is 1. The molecule has 0 radical (unpaired) electrons. The van der Waals surface area contributed by atoms with E-state index in [2.05, 4.69) is 20.6 Å². The number of nitrogens with zero attached hydrogens (tertiary/aromatic N) is 2. The second kappa shape index (κ2) is 7.77. The van der Waals surface area contributed by atoms with Crippen molar-refractivity contribution in [2.24, 2.45) is 0 Å². The maximum absolute atomic E-state index is 12.1. The van der Waals surface area contributed by atoms with Crippen LogP contribution in [0.1, 0.15) is 21.6 Å². The van der Waals surface area contributed by atoms with E-state index >= 15 is 0 Å². The summed E-state index contributed by atoms with van der Waals surface area (Å²) in [6, 6.07) is 15.3. The summed E-state index contributed by atoms with van der Waals surface area (Å²) in [7, 11) is 0. The van der Waals surface area contributed by atoms with Crippen LogP contribution >= 0.6 is 11.6 Å². The van der Waals surface area contributed by atoms with Gasteiger partial charge in [0.2, 0.25) is 0 Å². The van der Waals surface area contributed by atoms with E-state index in [1.54, 1.807) is 0 Å². The summed E-state index contributed by atoms with van der Waals surface area (Å²) in [4.78, 5) is 20.5. The average molecular weight is 353 g/mol. The highest BCUT2D eigenvalue weighted by molar-refractivity contribution is 6.30. The minimum atomic E-state index is -0.262. The molecule has 0 saturated carbocycles. The largest absolute Gasteiger partial charge is 0.347 e. The molecule has 0 aliphatic heterocycles. The Kier molecular flexibility index (Phi) is 5.26. The Morgan fingerprint density at radius 1 is 1.08 bits per heavy atom. The summed E-state index contributed by atoms with van der Waals surface area (Å²) in [5.41, 5.74) is 3.18. The fourth-order valence-electron chi connectivity index (χ4n) is 2.25. The van der Waals surface area contributed by atoms with Crippen LogP contribution in [0.25, 0.3) is 0 Å². The quantitative estimate of drug-likeness (QED) is 0.725. The van der Waals surface area contributed by atoms with E-state index in [0.717, 1.165) is 16.8 Å². The number of hydrogen-bond acceptors (Lipinski definition) is 4. The summed E-state index contributed by atoms with van der Waals surface area (Å²) in [5.74, 6) is 0.284. The van der Waals surface area contributed by atoms with Gasteiger partial charge in [-0.3, -0.25) is 4.79 Å². The third-order valence-electron chi connectivity index (χ3n) is 3.64. The number of aromatic nitrogens is 2. The highest BCUT2D eigenvalue weighted by Gasteiger charge is 2.08. The van der Waals surface area contributed by atoms with Crippen molar-refractivity contribution >= 4 is 29.0 Å². The van der Waals surface area contributed by atoms with Crippen LogP contribution in [0.15, 0.2) is 60.9 Å². The molecule has 0 saturated heterocycles. The molecule has 5 nitrogen and oxygen atoms in total. The Morgan fingerprint density at radius 2 is 1.88 bits per heavy atom. The number of anilines is 2. The van der Waals surface area contributed by atoms with Crippen molar-refractivity contribution in [3.05, 3.63) is 82.8 Å². The van der Waals surface area contributed by atoms with Crippen LogP contribution in [0, 0.1) is 6.92 Å². The standard InChI is InChI=1S/C19H17ClN4O/c1-13-7-8-15(20)9-16(13)24-18-12-21-17(11-22-18)19(25)23-10-14-5-3-2-4-6-14/h2-9,11-12H,10H2,1H3,(H,22,24)(H,23,25). The van der Waals surface area contributed by atoms with Crippen LogP contribution in [-0.2, 0) is 6.54 Å². The number of aryl methyl sites for hydroxylation is 1. The third kappa shape index (κ3) is 4.55. The van der Waals surface area contributed by atoms with E-state index < -0.39 is 0 Å². The van der Waals surface area contributed by atoms with Crippen LogP contribution < -0.4 is 10.6 Å². The third-order valence-corrected chi connectivity index (χ3v) is 3.88. The van der Waals surface area contributed by atoms with E-state index in [1.165, 1.54) is 12.4 Å². The molecule has 2 aromatic carbocycles. The van der Waals surface area contributed by atoms with Crippen molar-refractivity contribution in [2.75, 3.05) is 5.32 Å². The number of hydrogen-bond donors (Lipinski definition) is 2. The fourth-order valence-corrected chi connectivity index (χ4v) is 2.42. The summed E-state index contributed by atoms with van der Waals surface area (Å²) in [6.07, 6.45) is 2.97. The first-order valence-electron chi connectivity index (χ1n) is 7.79. The van der Waals surface area contributed by atoms with Gasteiger partial charge in [-0.2, -0.15) is 0 Å². The predicted molar refractivity (Wildman–Crippen MR) is 99.1 cm³/mol. The Bertz CT molecular complexity index is 866. The number of carbonyl (C=O) groups excluding carboxylic acids is 1. The molecule has 0 aliphatic carbocycles. The molecule has 2 N–H and O–H groups in total. The molecule has 0 bridgehead atoms. The minimum absolute atomic E-state index is 0.262. The van der Waals surface area contributed by atoms with Gasteiger partial charge < -0.3 is 10.6 Å². The number of carbonyl (C=O) groups is 1. The molecule has 126 valence electrons. The zero-order chi connectivity index (χ0) is 17.6. The highest BCUT2D eigenvalue weighted by atomic mass is 35.5. The lowest BCUT2D eigenvalue weighted by Gasteiger charge is -2.09. The Hall–Kier alpha value is -2.92. The van der Waals surface area contributed by atoms with Gasteiger partial charge in [0.25, 0.3) is 5.91 Å². The van der Waals surface area contributed by atoms with Crippen molar-refractivity contribution < 1.29 is 4.79 Å². The molecule has 0 spiro atoms. The number of rotatable bonds is 5. The number of benzene rings is 2. The normalized spacial score (nSPS) is 10.3. The molecule has 6 heteroatoms. The first-order chi connectivity index (χ1) is 12.1. The summed E-state index contributed by atoms with van der Waals surface area (Å²) >= 11 is 6.01. The lowest BCUT2D eigenvalue weighted by molar-refractivity contribution is 0.0945. The van der Waals surface area contributed by atoms with Gasteiger partial charge in [-0.15, -0.1) is 0 Å². The van der Waals surface area contributed by atoms with Crippen molar-refractivity contribution in [1.29, 1.82) is 0 Å². The lowest BCUT2D eigenvalue weighted by Crippen LogP contribution is -2.24. The van der Waals surface area contributed by atoms with E-state index in [-0.39, 0.29) is 11.6 Å². The van der Waals surface area contributed by atoms with Gasteiger partial charge in [0.05, 0.1) is 12.4 Å². The first kappa shape index (κ1) is 16.9. The maximum Gasteiger partial charge on any atom is 0.271 e. The summed E-state index contributed by atoms with van der Waals surface area (Å²) in [6.45, 7) is 2.42. The average Bonchev–Trinajstić information content (AvgIpc) is 2.64. The molecular weight excluding hydrogens is 336 g/mol. The van der Waals surface area contributed by atoms with E-state index in [4.69, 9.17) is 11.6 Å². The van der Waals surface area contributed by atoms with Gasteiger partial charge in [0.15, 0.2) is 0 Å². The Morgan fingerprint density at radius 3 is 2.60 bits per heavy atom. The zero-order valence-electron chi connectivity index (χ0n) is 13.7. The second-order valence-electron chi connectivity index (χ2n) is 5.54. The second-order valence-corrected chi connectivity index (χ2v) is 5.98. The molecule has 1 heterocycles. The minimum Gasteiger partial charge on any atom is -0.347 e. The molecule has 0 unspecified atom stereocenters. The van der Waals surface area contributed by atoms with Crippen LogP contribution in [0.5, 0.6) is 0 Å². The SMILES string of the molecule is Cc1ccc(Cl)cc1Nc1cnc(C(=O)NCc2ccccc2)cn1. The van der Waals surface area contributed by atoms with Gasteiger partial charge in [-0.05, 0) is 30.2 Å². The van der Waals surface area contributed by atoms with Crippen molar-refractivity contribution in [3.63, 3.8) is 0 Å². The fraction of sp³-hybridized carbons (Fsp3) is 0.105. The topological polar surface area (TPSA) is 66.9 Å². The molecule has 0 atom stereocenters. The Balaban J connectivity index is 1.63.